The van der Waals surface area contributed by atoms with Gasteiger partial charge >= 0.3 is 0 Å². The number of hydrogen-bond donors (Lipinski definition) is 0. The summed E-state index contributed by atoms with van der Waals surface area (Å²) in [5.74, 6) is 1.63. The minimum atomic E-state index is -0.715. The first-order valence-electron chi connectivity index (χ1n) is 17.5. The van der Waals surface area contributed by atoms with Gasteiger partial charge in [-0.15, -0.1) is 0 Å². The Morgan fingerprint density at radius 3 is 1.48 bits per heavy atom. The number of rotatable bonds is 16. The Balaban J connectivity index is 1.28. The lowest BCUT2D eigenvalue weighted by Gasteiger charge is -2.36. The summed E-state index contributed by atoms with van der Waals surface area (Å²) < 4.78 is 35.8. The maximum absolute atomic E-state index is 6.68. The fourth-order valence-electron chi connectivity index (χ4n) is 6.99. The molecule has 2 atom stereocenters. The molecule has 8 rings (SSSR count). The Labute approximate surface area is 293 Å². The maximum Gasteiger partial charge on any atom is 0.124 e. The van der Waals surface area contributed by atoms with Crippen LogP contribution in [0.15, 0.2) is 127 Å². The van der Waals surface area contributed by atoms with Crippen LogP contribution in [-0.4, -0.2) is 65.1 Å². The van der Waals surface area contributed by atoms with E-state index in [9.17, 15) is 0 Å². The van der Waals surface area contributed by atoms with E-state index in [2.05, 4.69) is 134 Å². The van der Waals surface area contributed by atoms with Gasteiger partial charge in [0, 0.05) is 11.1 Å². The number of benzene rings is 6. The average Bonchev–Trinajstić information content (AvgIpc) is 4.11. The highest BCUT2D eigenvalue weighted by atomic mass is 16.6. The summed E-state index contributed by atoms with van der Waals surface area (Å²) in [5.41, 5.74) is 4.91. The Kier molecular flexibility index (Phi) is 9.51. The Bertz CT molecular complexity index is 1940. The van der Waals surface area contributed by atoms with Crippen molar-refractivity contribution in [3.05, 3.63) is 144 Å². The zero-order valence-electron chi connectivity index (χ0n) is 28.4. The van der Waals surface area contributed by atoms with Crippen LogP contribution in [0, 0.1) is 0 Å². The maximum atomic E-state index is 6.68. The van der Waals surface area contributed by atoms with E-state index < -0.39 is 5.41 Å². The van der Waals surface area contributed by atoms with Crippen molar-refractivity contribution in [1.29, 1.82) is 0 Å². The summed E-state index contributed by atoms with van der Waals surface area (Å²) in [6.45, 7) is 6.83. The van der Waals surface area contributed by atoms with Gasteiger partial charge in [0.1, 0.15) is 36.9 Å². The molecule has 6 aromatic carbocycles. The van der Waals surface area contributed by atoms with E-state index in [-0.39, 0.29) is 12.2 Å². The lowest BCUT2D eigenvalue weighted by atomic mass is 9.67. The van der Waals surface area contributed by atoms with Gasteiger partial charge in [0.05, 0.1) is 45.1 Å². The lowest BCUT2D eigenvalue weighted by molar-refractivity contribution is 0.0869. The molecule has 0 N–H and O–H groups in total. The third-order valence-corrected chi connectivity index (χ3v) is 9.73. The molecule has 2 saturated heterocycles. The second-order valence-electron chi connectivity index (χ2n) is 13.1. The van der Waals surface area contributed by atoms with Crippen molar-refractivity contribution in [3.63, 3.8) is 0 Å². The van der Waals surface area contributed by atoms with Crippen LogP contribution in [0.1, 0.15) is 23.6 Å². The molecule has 0 amide bonds. The van der Waals surface area contributed by atoms with Crippen LogP contribution >= 0.6 is 0 Å². The van der Waals surface area contributed by atoms with Crippen molar-refractivity contribution in [1.82, 2.24) is 0 Å². The van der Waals surface area contributed by atoms with Crippen LogP contribution < -0.4 is 9.47 Å². The molecule has 6 heteroatoms. The second-order valence-corrected chi connectivity index (χ2v) is 13.1. The molecule has 0 aromatic heterocycles. The van der Waals surface area contributed by atoms with Gasteiger partial charge < -0.3 is 28.4 Å². The second kappa shape index (κ2) is 14.6. The molecule has 0 spiro atoms. The van der Waals surface area contributed by atoms with Crippen LogP contribution in [0.4, 0.5) is 0 Å². The van der Waals surface area contributed by atoms with Crippen LogP contribution in [0.25, 0.3) is 32.7 Å². The molecule has 0 radical (unpaired) electrons. The minimum absolute atomic E-state index is 0.214. The number of ether oxygens (including phenoxy) is 6. The van der Waals surface area contributed by atoms with Gasteiger partial charge in [-0.05, 0) is 57.3 Å². The van der Waals surface area contributed by atoms with Crippen LogP contribution in [-0.2, 0) is 24.4 Å². The van der Waals surface area contributed by atoms with Crippen molar-refractivity contribution in [2.45, 2.75) is 24.5 Å². The molecule has 0 saturated carbocycles. The smallest absolute Gasteiger partial charge is 0.124 e. The van der Waals surface area contributed by atoms with Gasteiger partial charge in [0.15, 0.2) is 0 Å². The SMILES string of the molecule is CC(c1ccc(-c2ccccc2)cc1)(c1c(OCCOCC2CO2)ccc2ccccc12)c1c(OCCOCC2CO2)ccc2ccccc12. The summed E-state index contributed by atoms with van der Waals surface area (Å²) in [5, 5.41) is 4.53. The lowest BCUT2D eigenvalue weighted by Crippen LogP contribution is -2.28. The zero-order valence-corrected chi connectivity index (χ0v) is 28.4. The first-order valence-corrected chi connectivity index (χ1v) is 17.5. The van der Waals surface area contributed by atoms with Gasteiger partial charge in [0.2, 0.25) is 0 Å². The van der Waals surface area contributed by atoms with E-state index >= 15 is 0 Å². The fraction of sp³-hybridized carbons (Fsp3) is 0.273. The van der Waals surface area contributed by atoms with Gasteiger partial charge in [0.25, 0.3) is 0 Å². The topological polar surface area (TPSA) is 62.0 Å². The van der Waals surface area contributed by atoms with Crippen molar-refractivity contribution < 1.29 is 28.4 Å². The Morgan fingerprint density at radius 2 is 0.980 bits per heavy atom. The fourth-order valence-corrected chi connectivity index (χ4v) is 6.99. The molecule has 0 bridgehead atoms. The molecular formula is C44H42O6. The van der Waals surface area contributed by atoms with E-state index in [0.29, 0.717) is 39.6 Å². The molecule has 0 aliphatic carbocycles. The van der Waals surface area contributed by atoms with E-state index in [1.165, 1.54) is 5.56 Å². The highest BCUT2D eigenvalue weighted by Gasteiger charge is 2.39. The van der Waals surface area contributed by atoms with E-state index in [4.69, 9.17) is 28.4 Å². The third kappa shape index (κ3) is 6.98. The highest BCUT2D eigenvalue weighted by Crippen LogP contribution is 2.51. The number of fused-ring (bicyclic) bond motifs is 2. The quantitative estimate of drug-likeness (QED) is 0.0586. The van der Waals surface area contributed by atoms with Crippen molar-refractivity contribution >= 4 is 21.5 Å². The summed E-state index contributed by atoms with van der Waals surface area (Å²) >= 11 is 0. The Hall–Kier alpha value is -4.72. The predicted octanol–water partition coefficient (Wildman–Crippen LogP) is 8.60. The molecule has 254 valence electrons. The van der Waals surface area contributed by atoms with E-state index in [0.717, 1.165) is 68.5 Å². The van der Waals surface area contributed by atoms with Crippen molar-refractivity contribution in [2.75, 3.05) is 52.9 Å². The number of hydrogen-bond acceptors (Lipinski definition) is 6. The van der Waals surface area contributed by atoms with Crippen LogP contribution in [0.2, 0.25) is 0 Å². The normalized spacial score (nSPS) is 17.8. The molecule has 2 aliphatic heterocycles. The minimum Gasteiger partial charge on any atom is -0.491 e. The summed E-state index contributed by atoms with van der Waals surface area (Å²) in [6.07, 6.45) is 0.427. The monoisotopic (exact) mass is 666 g/mol. The highest BCUT2D eigenvalue weighted by molar-refractivity contribution is 5.95. The molecule has 2 heterocycles. The molecular weight excluding hydrogens is 624 g/mol. The van der Waals surface area contributed by atoms with Gasteiger partial charge in [-0.1, -0.05) is 115 Å². The van der Waals surface area contributed by atoms with E-state index in [1.807, 2.05) is 0 Å². The molecule has 2 unspecified atom stereocenters. The van der Waals surface area contributed by atoms with Gasteiger partial charge in [-0.3, -0.25) is 0 Å². The van der Waals surface area contributed by atoms with Gasteiger partial charge in [-0.2, -0.15) is 0 Å². The molecule has 6 nitrogen and oxygen atoms in total. The number of epoxide rings is 2. The summed E-state index contributed by atoms with van der Waals surface area (Å²) in [7, 11) is 0. The first-order chi connectivity index (χ1) is 24.7. The summed E-state index contributed by atoms with van der Waals surface area (Å²) in [4.78, 5) is 0. The van der Waals surface area contributed by atoms with E-state index in [1.54, 1.807) is 0 Å². The third-order valence-electron chi connectivity index (χ3n) is 9.73. The molecule has 2 aliphatic rings. The average molecular weight is 667 g/mol. The standard InChI is InChI=1S/C44H42O6/c1-44(35-19-15-32(16-20-35)31-9-3-2-4-10-31,42-38-13-7-5-11-33(38)17-21-40(42)47-25-23-45-27-36-29-49-36)43-39-14-8-6-12-34(39)18-22-41(43)48-26-24-46-28-37-30-50-37/h2-22,36-37H,23-30H2,1H3. The van der Waals surface area contributed by atoms with Crippen LogP contribution in [0.3, 0.4) is 0 Å². The van der Waals surface area contributed by atoms with Crippen molar-refractivity contribution in [2.24, 2.45) is 0 Å². The molecule has 50 heavy (non-hydrogen) atoms. The zero-order chi connectivity index (χ0) is 33.8. The van der Waals surface area contributed by atoms with Crippen LogP contribution in [0.5, 0.6) is 11.5 Å². The molecule has 2 fully saturated rings. The van der Waals surface area contributed by atoms with Gasteiger partial charge in [-0.25, -0.2) is 0 Å². The summed E-state index contributed by atoms with van der Waals surface area (Å²) in [6, 6.07) is 45.1. The largest absolute Gasteiger partial charge is 0.491 e. The first kappa shape index (κ1) is 32.5. The molecule has 6 aromatic rings. The van der Waals surface area contributed by atoms with Crippen molar-refractivity contribution in [3.8, 4) is 22.6 Å². The predicted molar refractivity (Wildman–Crippen MR) is 197 cm³/mol. The Morgan fingerprint density at radius 1 is 0.520 bits per heavy atom.